The van der Waals surface area contributed by atoms with Crippen molar-refractivity contribution in [2.45, 2.75) is 84.3 Å². The van der Waals surface area contributed by atoms with Gasteiger partial charge >= 0.3 is 5.97 Å². The van der Waals surface area contributed by atoms with Crippen molar-refractivity contribution in [3.63, 3.8) is 0 Å². The third-order valence-corrected chi connectivity index (χ3v) is 6.74. The van der Waals surface area contributed by atoms with Crippen LogP contribution in [-0.2, 0) is 14.3 Å². The maximum absolute atomic E-state index is 11.9. The summed E-state index contributed by atoms with van der Waals surface area (Å²) >= 11 is 0. The third-order valence-electron chi connectivity index (χ3n) is 6.74. The van der Waals surface area contributed by atoms with Gasteiger partial charge in [-0.05, 0) is 68.6 Å². The summed E-state index contributed by atoms with van der Waals surface area (Å²) in [5.74, 6) is 1.77. The monoisotopic (exact) mass is 308 g/mol. The first-order valence-corrected chi connectivity index (χ1v) is 9.23. The maximum atomic E-state index is 11.9. The second-order valence-electron chi connectivity index (χ2n) is 8.43. The molecular formula is C19H32O3. The van der Waals surface area contributed by atoms with Crippen molar-refractivity contribution in [3.8, 4) is 0 Å². The van der Waals surface area contributed by atoms with Crippen molar-refractivity contribution in [1.82, 2.24) is 0 Å². The first kappa shape index (κ1) is 16.3. The fourth-order valence-electron chi connectivity index (χ4n) is 5.89. The van der Waals surface area contributed by atoms with Crippen LogP contribution in [0.25, 0.3) is 0 Å². The molecule has 0 N–H and O–H groups in total. The van der Waals surface area contributed by atoms with Gasteiger partial charge in [0.15, 0.2) is 0 Å². The zero-order chi connectivity index (χ0) is 16.0. The summed E-state index contributed by atoms with van der Waals surface area (Å²) in [4.78, 5) is 11.9. The Balaban J connectivity index is 1.81. The number of ether oxygens (including phenoxy) is 2. The van der Waals surface area contributed by atoms with Crippen molar-refractivity contribution in [1.29, 1.82) is 0 Å². The molecule has 3 fully saturated rings. The molecule has 2 aliphatic heterocycles. The Morgan fingerprint density at radius 1 is 1.32 bits per heavy atom. The molecule has 3 rings (SSSR count). The Morgan fingerprint density at radius 3 is 2.77 bits per heavy atom. The smallest absolute Gasteiger partial charge is 0.306 e. The van der Waals surface area contributed by atoms with Gasteiger partial charge in [-0.3, -0.25) is 4.79 Å². The van der Waals surface area contributed by atoms with Crippen LogP contribution in [0, 0.1) is 23.2 Å². The highest BCUT2D eigenvalue weighted by Gasteiger charge is 2.63. The Hall–Kier alpha value is -0.570. The van der Waals surface area contributed by atoms with E-state index < -0.39 is 0 Å². The van der Waals surface area contributed by atoms with E-state index in [1.54, 1.807) is 0 Å². The van der Waals surface area contributed by atoms with Gasteiger partial charge in [0.05, 0.1) is 18.3 Å². The summed E-state index contributed by atoms with van der Waals surface area (Å²) in [6, 6.07) is 0. The first-order valence-electron chi connectivity index (χ1n) is 9.23. The lowest BCUT2D eigenvalue weighted by Gasteiger charge is -2.45. The summed E-state index contributed by atoms with van der Waals surface area (Å²) in [6.45, 7) is 9.51. The predicted octanol–water partition coefficient (Wildman–Crippen LogP) is 4.34. The summed E-state index contributed by atoms with van der Waals surface area (Å²) < 4.78 is 11.9. The molecule has 0 aromatic heterocycles. The quantitative estimate of drug-likeness (QED) is 0.725. The highest BCUT2D eigenvalue weighted by Crippen LogP contribution is 2.64. The summed E-state index contributed by atoms with van der Waals surface area (Å²) in [7, 11) is 0. The van der Waals surface area contributed by atoms with Crippen LogP contribution in [0.4, 0.5) is 0 Å². The molecule has 1 saturated carbocycles. The van der Waals surface area contributed by atoms with E-state index in [-0.39, 0.29) is 17.0 Å². The first-order chi connectivity index (χ1) is 10.4. The second kappa shape index (κ2) is 5.81. The van der Waals surface area contributed by atoms with Crippen LogP contribution in [0.3, 0.4) is 0 Å². The highest BCUT2D eigenvalue weighted by molar-refractivity contribution is 5.69. The lowest BCUT2D eigenvalue weighted by atomic mass is 9.64. The molecular weight excluding hydrogens is 276 g/mol. The van der Waals surface area contributed by atoms with Crippen molar-refractivity contribution >= 4 is 5.97 Å². The van der Waals surface area contributed by atoms with E-state index in [0.29, 0.717) is 36.9 Å². The van der Waals surface area contributed by atoms with E-state index in [2.05, 4.69) is 20.8 Å². The molecule has 2 saturated heterocycles. The molecule has 0 aromatic rings. The Labute approximate surface area is 135 Å². The highest BCUT2D eigenvalue weighted by atomic mass is 16.5. The Kier molecular flexibility index (Phi) is 4.30. The fourth-order valence-corrected chi connectivity index (χ4v) is 5.89. The van der Waals surface area contributed by atoms with Crippen LogP contribution in [0.2, 0.25) is 0 Å². The number of hydrogen-bond donors (Lipinski definition) is 0. The van der Waals surface area contributed by atoms with E-state index in [4.69, 9.17) is 9.47 Å². The zero-order valence-corrected chi connectivity index (χ0v) is 14.7. The third kappa shape index (κ3) is 2.50. The van der Waals surface area contributed by atoms with Gasteiger partial charge in [0, 0.05) is 6.42 Å². The number of carbonyl (C=O) groups is 1. The van der Waals surface area contributed by atoms with Crippen LogP contribution in [0.15, 0.2) is 0 Å². The van der Waals surface area contributed by atoms with Gasteiger partial charge in [0.2, 0.25) is 0 Å². The SMILES string of the molecule is CCOC(=O)CC1C[C@H]2CC[C@@]3(O2)[C@H](C(C)C)CC[C@@]3(C)C1. The van der Waals surface area contributed by atoms with Gasteiger partial charge in [0.1, 0.15) is 0 Å². The van der Waals surface area contributed by atoms with E-state index >= 15 is 0 Å². The Bertz CT molecular complexity index is 432. The summed E-state index contributed by atoms with van der Waals surface area (Å²) in [5.41, 5.74) is 0.319. The fraction of sp³-hybridized carbons (Fsp3) is 0.947. The van der Waals surface area contributed by atoms with Crippen LogP contribution in [0.1, 0.15) is 72.6 Å². The van der Waals surface area contributed by atoms with Crippen LogP contribution in [0.5, 0.6) is 0 Å². The van der Waals surface area contributed by atoms with Crippen LogP contribution in [-0.4, -0.2) is 24.3 Å². The van der Waals surface area contributed by atoms with Gasteiger partial charge in [0.25, 0.3) is 0 Å². The molecule has 0 amide bonds. The number of rotatable bonds is 4. The molecule has 2 heterocycles. The lowest BCUT2D eigenvalue weighted by Crippen LogP contribution is -2.47. The van der Waals surface area contributed by atoms with Gasteiger partial charge in [-0.1, -0.05) is 20.8 Å². The van der Waals surface area contributed by atoms with Crippen LogP contribution < -0.4 is 0 Å². The number of fused-ring (bicyclic) bond motifs is 1. The normalized spacial score (nSPS) is 44.0. The standard InChI is InChI=1S/C19H32O3/c1-5-21-17(20)11-14-10-15-6-9-19(22-15)16(13(2)3)7-8-18(19,4)12-14/h13-16H,5-12H2,1-4H3/t14?,15-,16+,18+,19-/m1/s1. The minimum Gasteiger partial charge on any atom is -0.466 e. The van der Waals surface area contributed by atoms with Crippen LogP contribution >= 0.6 is 0 Å². The summed E-state index contributed by atoms with van der Waals surface area (Å²) in [6.07, 6.45) is 8.05. The minimum absolute atomic E-state index is 0.0265. The molecule has 5 atom stereocenters. The number of carbonyl (C=O) groups excluding carboxylic acids is 1. The van der Waals surface area contributed by atoms with E-state index in [1.165, 1.54) is 25.7 Å². The van der Waals surface area contributed by atoms with Gasteiger partial charge in [-0.2, -0.15) is 0 Å². The summed E-state index contributed by atoms with van der Waals surface area (Å²) in [5, 5.41) is 0. The molecule has 3 aliphatic rings. The van der Waals surface area contributed by atoms with Crippen molar-refractivity contribution in [3.05, 3.63) is 0 Å². The van der Waals surface area contributed by atoms with Crippen molar-refractivity contribution < 1.29 is 14.3 Å². The van der Waals surface area contributed by atoms with Crippen molar-refractivity contribution in [2.24, 2.45) is 23.2 Å². The van der Waals surface area contributed by atoms with Gasteiger partial charge in [-0.15, -0.1) is 0 Å². The minimum atomic E-state index is -0.0265. The molecule has 1 aliphatic carbocycles. The zero-order valence-electron chi connectivity index (χ0n) is 14.7. The number of esters is 1. The molecule has 3 nitrogen and oxygen atoms in total. The van der Waals surface area contributed by atoms with E-state index in [0.717, 1.165) is 12.8 Å². The molecule has 0 aromatic carbocycles. The molecule has 0 radical (unpaired) electrons. The molecule has 2 bridgehead atoms. The molecule has 1 spiro atoms. The van der Waals surface area contributed by atoms with E-state index in [9.17, 15) is 4.79 Å². The average Bonchev–Trinajstić information content (AvgIpc) is 2.91. The predicted molar refractivity (Wildman–Crippen MR) is 86.5 cm³/mol. The largest absolute Gasteiger partial charge is 0.466 e. The van der Waals surface area contributed by atoms with Gasteiger partial charge < -0.3 is 9.47 Å². The van der Waals surface area contributed by atoms with Gasteiger partial charge in [-0.25, -0.2) is 0 Å². The maximum Gasteiger partial charge on any atom is 0.306 e. The topological polar surface area (TPSA) is 35.5 Å². The molecule has 22 heavy (non-hydrogen) atoms. The average molecular weight is 308 g/mol. The lowest BCUT2D eigenvalue weighted by molar-refractivity contribution is -0.144. The number of hydrogen-bond acceptors (Lipinski definition) is 3. The van der Waals surface area contributed by atoms with Crippen molar-refractivity contribution in [2.75, 3.05) is 6.61 Å². The molecule has 1 unspecified atom stereocenters. The molecule has 126 valence electrons. The van der Waals surface area contributed by atoms with E-state index in [1.807, 2.05) is 6.92 Å². The molecule has 3 heteroatoms. The second-order valence-corrected chi connectivity index (χ2v) is 8.43. The Morgan fingerprint density at radius 2 is 2.09 bits per heavy atom.